The van der Waals surface area contributed by atoms with E-state index in [9.17, 15) is 10.1 Å². The molecule has 1 aromatic rings. The van der Waals surface area contributed by atoms with Gasteiger partial charge in [0.2, 0.25) is 5.91 Å². The van der Waals surface area contributed by atoms with E-state index in [0.717, 1.165) is 11.1 Å². The number of halogens is 1. The van der Waals surface area contributed by atoms with Crippen molar-refractivity contribution in [3.63, 3.8) is 0 Å². The number of benzene rings is 1. The summed E-state index contributed by atoms with van der Waals surface area (Å²) in [6, 6.07) is 9.80. The molecule has 0 fully saturated rings. The van der Waals surface area contributed by atoms with Crippen molar-refractivity contribution in [3.8, 4) is 6.07 Å². The van der Waals surface area contributed by atoms with Crippen LogP contribution in [0, 0.1) is 24.2 Å². The minimum Gasteiger partial charge on any atom is -0.333 e. The molecule has 0 aliphatic rings. The van der Waals surface area contributed by atoms with E-state index in [4.69, 9.17) is 0 Å². The van der Waals surface area contributed by atoms with Gasteiger partial charge < -0.3 is 5.32 Å². The van der Waals surface area contributed by atoms with Crippen molar-refractivity contribution >= 4 is 21.8 Å². The second-order valence-corrected chi connectivity index (χ2v) is 6.22. The van der Waals surface area contributed by atoms with Gasteiger partial charge in [0.1, 0.15) is 5.54 Å². The molecule has 3 nitrogen and oxygen atoms in total. The van der Waals surface area contributed by atoms with E-state index in [1.54, 1.807) is 6.92 Å². The van der Waals surface area contributed by atoms with Crippen LogP contribution >= 0.6 is 15.9 Å². The van der Waals surface area contributed by atoms with Crippen molar-refractivity contribution in [1.82, 2.24) is 5.32 Å². The van der Waals surface area contributed by atoms with Crippen LogP contribution in [0.4, 0.5) is 0 Å². The smallest absolute Gasteiger partial charge is 0.235 e. The van der Waals surface area contributed by atoms with E-state index in [1.165, 1.54) is 0 Å². The minimum absolute atomic E-state index is 0.167. The van der Waals surface area contributed by atoms with E-state index in [1.807, 2.05) is 45.0 Å². The quantitative estimate of drug-likeness (QED) is 0.865. The first kappa shape index (κ1) is 15.7. The zero-order valence-corrected chi connectivity index (χ0v) is 13.3. The molecule has 0 aromatic heterocycles. The first-order chi connectivity index (χ1) is 8.80. The summed E-state index contributed by atoms with van der Waals surface area (Å²) >= 11 is 3.35. The summed E-state index contributed by atoms with van der Waals surface area (Å²) in [7, 11) is 0. The monoisotopic (exact) mass is 322 g/mol. The molecule has 0 aliphatic carbocycles. The zero-order valence-electron chi connectivity index (χ0n) is 11.7. The normalized spacial score (nSPS) is 15.4. The summed E-state index contributed by atoms with van der Waals surface area (Å²) in [4.78, 5) is 11.8. The third-order valence-corrected chi connectivity index (χ3v) is 4.53. The number of nitrogens with one attached hydrogen (secondary N) is 1. The maximum Gasteiger partial charge on any atom is 0.235 e. The van der Waals surface area contributed by atoms with E-state index >= 15 is 0 Å². The number of hydrogen-bond acceptors (Lipinski definition) is 2. The van der Waals surface area contributed by atoms with E-state index < -0.39 is 5.54 Å². The van der Waals surface area contributed by atoms with Gasteiger partial charge in [-0.25, -0.2) is 0 Å². The van der Waals surface area contributed by atoms with E-state index in [2.05, 4.69) is 27.3 Å². The van der Waals surface area contributed by atoms with E-state index in [-0.39, 0.29) is 16.7 Å². The molecule has 0 spiro atoms. The molecule has 1 N–H and O–H groups in total. The number of nitriles is 1. The molecule has 0 radical (unpaired) electrons. The fourth-order valence-corrected chi connectivity index (χ4v) is 1.78. The van der Waals surface area contributed by atoms with Gasteiger partial charge in [-0.2, -0.15) is 5.26 Å². The van der Waals surface area contributed by atoms with E-state index in [0.29, 0.717) is 0 Å². The van der Waals surface area contributed by atoms with Crippen LogP contribution in [-0.4, -0.2) is 10.7 Å². The number of amides is 1. The van der Waals surface area contributed by atoms with Gasteiger partial charge in [0.05, 0.1) is 10.9 Å². The number of aryl methyl sites for hydroxylation is 1. The molecule has 4 heteroatoms. The maximum absolute atomic E-state index is 12.1. The van der Waals surface area contributed by atoms with Crippen molar-refractivity contribution in [1.29, 1.82) is 5.26 Å². The summed E-state index contributed by atoms with van der Waals surface area (Å²) < 4.78 is 0. The first-order valence-corrected chi connectivity index (χ1v) is 7.16. The van der Waals surface area contributed by atoms with Gasteiger partial charge in [-0.3, -0.25) is 4.79 Å². The molecule has 0 heterocycles. The molecule has 2 unspecified atom stereocenters. The second kappa shape index (κ2) is 6.21. The number of hydrogen-bond donors (Lipinski definition) is 1. The van der Waals surface area contributed by atoms with Crippen LogP contribution in [0.15, 0.2) is 24.3 Å². The minimum atomic E-state index is -1.01. The lowest BCUT2D eigenvalue weighted by Crippen LogP contribution is -2.46. The number of carbonyl (C=O) groups is 1. The van der Waals surface area contributed by atoms with Crippen molar-refractivity contribution in [2.24, 2.45) is 5.92 Å². The van der Waals surface area contributed by atoms with Gasteiger partial charge >= 0.3 is 0 Å². The van der Waals surface area contributed by atoms with Gasteiger partial charge in [0.25, 0.3) is 0 Å². The SMILES string of the molecule is Cc1ccc(C(C)(C#N)NC(=O)C(Br)C(C)C)cc1. The highest BCUT2D eigenvalue weighted by molar-refractivity contribution is 9.10. The second-order valence-electron chi connectivity index (χ2n) is 5.24. The van der Waals surface area contributed by atoms with Gasteiger partial charge in [0, 0.05) is 0 Å². The van der Waals surface area contributed by atoms with Crippen molar-refractivity contribution in [3.05, 3.63) is 35.4 Å². The van der Waals surface area contributed by atoms with Gasteiger partial charge in [0.15, 0.2) is 0 Å². The topological polar surface area (TPSA) is 52.9 Å². The summed E-state index contributed by atoms with van der Waals surface area (Å²) in [5.41, 5.74) is 0.902. The third-order valence-electron chi connectivity index (χ3n) is 3.06. The predicted octanol–water partition coefficient (Wildman–Crippen LogP) is 3.27. The fourth-order valence-electron chi connectivity index (χ4n) is 1.67. The van der Waals surface area contributed by atoms with Crippen LogP contribution in [0.5, 0.6) is 0 Å². The molecule has 0 saturated heterocycles. The number of nitrogens with zero attached hydrogens (tertiary/aromatic N) is 1. The first-order valence-electron chi connectivity index (χ1n) is 6.24. The molecule has 2 atom stereocenters. The molecule has 0 bridgehead atoms. The van der Waals surface area contributed by atoms with Crippen LogP contribution in [0.2, 0.25) is 0 Å². The maximum atomic E-state index is 12.1. The standard InChI is InChI=1S/C15H19BrN2O/c1-10(2)13(16)14(19)18-15(4,9-17)12-7-5-11(3)6-8-12/h5-8,10,13H,1-4H3,(H,18,19). The zero-order chi connectivity index (χ0) is 14.6. The average molecular weight is 323 g/mol. The summed E-state index contributed by atoms with van der Waals surface area (Å²) in [6.45, 7) is 7.61. The lowest BCUT2D eigenvalue weighted by Gasteiger charge is -2.26. The Morgan fingerprint density at radius 3 is 2.32 bits per heavy atom. The van der Waals surface area contributed by atoms with Crippen LogP contribution < -0.4 is 5.32 Å². The summed E-state index contributed by atoms with van der Waals surface area (Å²) in [6.07, 6.45) is 0. The Balaban J connectivity index is 2.96. The molecular formula is C15H19BrN2O. The molecular weight excluding hydrogens is 304 g/mol. The molecule has 19 heavy (non-hydrogen) atoms. The molecule has 1 aromatic carbocycles. The number of alkyl halides is 1. The highest BCUT2D eigenvalue weighted by Gasteiger charge is 2.31. The van der Waals surface area contributed by atoms with Crippen LogP contribution in [0.3, 0.4) is 0 Å². The van der Waals surface area contributed by atoms with Crippen LogP contribution in [0.25, 0.3) is 0 Å². The molecule has 1 amide bonds. The third kappa shape index (κ3) is 3.81. The Morgan fingerprint density at radius 1 is 1.37 bits per heavy atom. The van der Waals surface area contributed by atoms with Crippen LogP contribution in [0.1, 0.15) is 31.9 Å². The van der Waals surface area contributed by atoms with Gasteiger partial charge in [-0.05, 0) is 25.3 Å². The molecule has 102 valence electrons. The molecule has 1 rings (SSSR count). The Morgan fingerprint density at radius 2 is 1.89 bits per heavy atom. The van der Waals surface area contributed by atoms with Crippen molar-refractivity contribution < 1.29 is 4.79 Å². The Kier molecular flexibility index (Phi) is 5.13. The number of rotatable bonds is 4. The van der Waals surface area contributed by atoms with Crippen LogP contribution in [-0.2, 0) is 10.3 Å². The van der Waals surface area contributed by atoms with Crippen molar-refractivity contribution in [2.75, 3.05) is 0 Å². The lowest BCUT2D eigenvalue weighted by molar-refractivity contribution is -0.122. The highest BCUT2D eigenvalue weighted by atomic mass is 79.9. The molecule has 0 saturated carbocycles. The largest absolute Gasteiger partial charge is 0.333 e. The Bertz CT molecular complexity index is 490. The Hall–Kier alpha value is -1.34. The average Bonchev–Trinajstić information content (AvgIpc) is 2.38. The lowest BCUT2D eigenvalue weighted by atomic mass is 9.92. The Labute approximate surface area is 123 Å². The summed E-state index contributed by atoms with van der Waals surface area (Å²) in [5, 5.41) is 12.2. The highest BCUT2D eigenvalue weighted by Crippen LogP contribution is 2.22. The number of carbonyl (C=O) groups excluding carboxylic acids is 1. The van der Waals surface area contributed by atoms with Gasteiger partial charge in [-0.15, -0.1) is 0 Å². The predicted molar refractivity (Wildman–Crippen MR) is 79.8 cm³/mol. The molecule has 0 aliphatic heterocycles. The summed E-state index contributed by atoms with van der Waals surface area (Å²) in [5.74, 6) is 0.000542. The van der Waals surface area contributed by atoms with Gasteiger partial charge in [-0.1, -0.05) is 59.6 Å². The van der Waals surface area contributed by atoms with Crippen molar-refractivity contribution in [2.45, 2.75) is 38.1 Å². The fraction of sp³-hybridized carbons (Fsp3) is 0.467.